The van der Waals surface area contributed by atoms with Crippen LogP contribution < -0.4 is 0 Å². The molecule has 0 spiro atoms. The van der Waals surface area contributed by atoms with Crippen LogP contribution >= 0.6 is 0 Å². The van der Waals surface area contributed by atoms with E-state index in [2.05, 4.69) is 152 Å². The summed E-state index contributed by atoms with van der Waals surface area (Å²) in [7, 11) is 0. The van der Waals surface area contributed by atoms with Crippen LogP contribution in [0.25, 0.3) is 100 Å². The van der Waals surface area contributed by atoms with Gasteiger partial charge in [-0.1, -0.05) is 188 Å². The fourth-order valence-corrected chi connectivity index (χ4v) is 7.89. The van der Waals surface area contributed by atoms with Gasteiger partial charge in [0, 0.05) is 16.7 Å². The molecule has 4 nitrogen and oxygen atoms in total. The van der Waals surface area contributed by atoms with Gasteiger partial charge in [0.1, 0.15) is 0 Å². The van der Waals surface area contributed by atoms with Gasteiger partial charge in [-0.15, -0.1) is 0 Å². The maximum absolute atomic E-state index is 9.79. The second kappa shape index (κ2) is 14.9. The Labute approximate surface area is 337 Å². The van der Waals surface area contributed by atoms with Gasteiger partial charge in [-0.3, -0.25) is 0 Å². The Kier molecular flexibility index (Phi) is 8.87. The molecule has 270 valence electrons. The molecule has 0 unspecified atom stereocenters. The first-order chi connectivity index (χ1) is 28.7. The number of rotatable bonds is 7. The van der Waals surface area contributed by atoms with E-state index in [-0.39, 0.29) is 0 Å². The molecule has 9 aromatic carbocycles. The van der Waals surface area contributed by atoms with Crippen molar-refractivity contribution in [3.63, 3.8) is 0 Å². The van der Waals surface area contributed by atoms with Gasteiger partial charge < -0.3 is 0 Å². The van der Waals surface area contributed by atoms with Gasteiger partial charge in [-0.05, 0) is 84.3 Å². The molecular formula is C54H34N4. The highest BCUT2D eigenvalue weighted by molar-refractivity contribution is 6.14. The first-order valence-electron chi connectivity index (χ1n) is 19.3. The maximum Gasteiger partial charge on any atom is 0.164 e. The number of nitriles is 1. The van der Waals surface area contributed by atoms with Gasteiger partial charge in [0.2, 0.25) is 0 Å². The lowest BCUT2D eigenvalue weighted by Crippen LogP contribution is -2.01. The normalized spacial score (nSPS) is 11.1. The summed E-state index contributed by atoms with van der Waals surface area (Å²) >= 11 is 0. The van der Waals surface area contributed by atoms with Crippen LogP contribution in [0.15, 0.2) is 206 Å². The van der Waals surface area contributed by atoms with E-state index < -0.39 is 0 Å². The molecule has 10 rings (SSSR count). The lowest BCUT2D eigenvalue weighted by Gasteiger charge is -2.16. The maximum atomic E-state index is 9.79. The molecule has 1 heterocycles. The smallest absolute Gasteiger partial charge is 0.164 e. The molecule has 0 N–H and O–H groups in total. The van der Waals surface area contributed by atoms with Crippen LogP contribution in [-0.4, -0.2) is 15.0 Å². The summed E-state index contributed by atoms with van der Waals surface area (Å²) in [5.74, 6) is 1.73. The van der Waals surface area contributed by atoms with E-state index in [4.69, 9.17) is 15.0 Å². The third kappa shape index (κ3) is 6.47. The summed E-state index contributed by atoms with van der Waals surface area (Å²) < 4.78 is 0. The van der Waals surface area contributed by atoms with Crippen molar-refractivity contribution in [2.75, 3.05) is 0 Å². The highest BCUT2D eigenvalue weighted by atomic mass is 15.0. The third-order valence-corrected chi connectivity index (χ3v) is 10.8. The van der Waals surface area contributed by atoms with E-state index >= 15 is 0 Å². The van der Waals surface area contributed by atoms with E-state index in [0.29, 0.717) is 23.0 Å². The quantitative estimate of drug-likeness (QED) is 0.153. The van der Waals surface area contributed by atoms with Crippen molar-refractivity contribution in [2.45, 2.75) is 0 Å². The van der Waals surface area contributed by atoms with Gasteiger partial charge in [0.25, 0.3) is 0 Å². The van der Waals surface area contributed by atoms with Gasteiger partial charge in [0.05, 0.1) is 11.6 Å². The Balaban J connectivity index is 1.18. The SMILES string of the molecule is N#Cc1ccccc1-c1ccc(-c2nc(-c3ccc(-c4ccccc4)cc3)nc(-c3cc(-c4cc5ccccc5c5ccccc45)ccc3-c3ccccc3)n2)cc1. The summed E-state index contributed by atoms with van der Waals surface area (Å²) in [6.45, 7) is 0. The van der Waals surface area contributed by atoms with Gasteiger partial charge >= 0.3 is 0 Å². The minimum absolute atomic E-state index is 0.563. The van der Waals surface area contributed by atoms with Gasteiger partial charge in [-0.2, -0.15) is 5.26 Å². The number of aromatic nitrogens is 3. The van der Waals surface area contributed by atoms with Crippen LogP contribution in [0.2, 0.25) is 0 Å². The molecule has 58 heavy (non-hydrogen) atoms. The van der Waals surface area contributed by atoms with Crippen LogP contribution in [-0.2, 0) is 0 Å². The van der Waals surface area contributed by atoms with E-state index in [1.54, 1.807) is 0 Å². The first-order valence-corrected chi connectivity index (χ1v) is 19.3. The topological polar surface area (TPSA) is 62.5 Å². The van der Waals surface area contributed by atoms with Crippen molar-refractivity contribution < 1.29 is 0 Å². The van der Waals surface area contributed by atoms with E-state index in [9.17, 15) is 5.26 Å². The van der Waals surface area contributed by atoms with Crippen LogP contribution in [0.1, 0.15) is 5.56 Å². The number of hydrogen-bond acceptors (Lipinski definition) is 4. The van der Waals surface area contributed by atoms with Gasteiger partial charge in [0.15, 0.2) is 17.5 Å². The van der Waals surface area contributed by atoms with Crippen molar-refractivity contribution in [3.05, 3.63) is 212 Å². The molecule has 0 radical (unpaired) electrons. The van der Waals surface area contributed by atoms with E-state index in [0.717, 1.165) is 61.2 Å². The van der Waals surface area contributed by atoms with Crippen molar-refractivity contribution in [3.8, 4) is 84.7 Å². The monoisotopic (exact) mass is 738 g/mol. The predicted octanol–water partition coefficient (Wildman–Crippen LogP) is 13.7. The lowest BCUT2D eigenvalue weighted by molar-refractivity contribution is 1.07. The second-order valence-corrected chi connectivity index (χ2v) is 14.3. The molecule has 0 atom stereocenters. The highest BCUT2D eigenvalue weighted by Crippen LogP contribution is 2.40. The molecule has 0 aliphatic carbocycles. The molecule has 1 aromatic heterocycles. The molecular weight excluding hydrogens is 705 g/mol. The summed E-state index contributed by atoms with van der Waals surface area (Å²) in [6.07, 6.45) is 0. The molecule has 4 heteroatoms. The fourth-order valence-electron chi connectivity index (χ4n) is 7.89. The molecule has 0 saturated heterocycles. The van der Waals surface area contributed by atoms with Crippen molar-refractivity contribution in [1.29, 1.82) is 5.26 Å². The van der Waals surface area contributed by atoms with Crippen LogP contribution in [0.5, 0.6) is 0 Å². The van der Waals surface area contributed by atoms with E-state index in [1.807, 2.05) is 60.7 Å². The summed E-state index contributed by atoms with van der Waals surface area (Å²) in [4.78, 5) is 15.6. The Morgan fingerprint density at radius 2 is 0.776 bits per heavy atom. The standard InChI is InChI=1S/C54H34N4/c55-35-44-18-8-9-19-45(44)39-25-29-41(30-26-39)53-56-52(40-27-23-37(24-28-40)36-13-3-1-4-14-36)57-54(58-53)51-34-43(31-32-47(51)38-15-5-2-6-16-38)50-33-42-17-7-10-20-46(42)48-21-11-12-22-49(48)50/h1-34H. The second-order valence-electron chi connectivity index (χ2n) is 14.3. The third-order valence-electron chi connectivity index (χ3n) is 10.8. The first kappa shape index (κ1) is 34.5. The average Bonchev–Trinajstić information content (AvgIpc) is 3.31. The molecule has 0 fully saturated rings. The van der Waals surface area contributed by atoms with E-state index in [1.165, 1.54) is 21.5 Å². The molecule has 0 aliphatic heterocycles. The molecule has 0 saturated carbocycles. The Morgan fingerprint density at radius 1 is 0.293 bits per heavy atom. The Bertz CT molecular complexity index is 3150. The molecule has 0 amide bonds. The van der Waals surface area contributed by atoms with Crippen molar-refractivity contribution in [2.24, 2.45) is 0 Å². The minimum Gasteiger partial charge on any atom is -0.208 e. The highest BCUT2D eigenvalue weighted by Gasteiger charge is 2.19. The molecule has 10 aromatic rings. The number of benzene rings is 9. The van der Waals surface area contributed by atoms with Crippen molar-refractivity contribution >= 4 is 21.5 Å². The summed E-state index contributed by atoms with van der Waals surface area (Å²) in [5.41, 5.74) is 11.7. The molecule has 0 aliphatic rings. The average molecular weight is 739 g/mol. The zero-order valence-corrected chi connectivity index (χ0v) is 31.4. The zero-order valence-electron chi connectivity index (χ0n) is 31.4. The van der Waals surface area contributed by atoms with Crippen LogP contribution in [0.4, 0.5) is 0 Å². The summed E-state index contributed by atoms with van der Waals surface area (Å²) in [6, 6.07) is 73.5. The predicted molar refractivity (Wildman–Crippen MR) is 238 cm³/mol. The number of hydrogen-bond donors (Lipinski definition) is 0. The Hall–Kier alpha value is -8.00. The fraction of sp³-hybridized carbons (Fsp3) is 0. The van der Waals surface area contributed by atoms with Crippen LogP contribution in [0.3, 0.4) is 0 Å². The lowest BCUT2D eigenvalue weighted by atomic mass is 9.90. The van der Waals surface area contributed by atoms with Gasteiger partial charge in [-0.25, -0.2) is 15.0 Å². The zero-order chi connectivity index (χ0) is 38.8. The Morgan fingerprint density at radius 3 is 1.47 bits per heavy atom. The largest absolute Gasteiger partial charge is 0.208 e. The number of fused-ring (bicyclic) bond motifs is 3. The van der Waals surface area contributed by atoms with Crippen LogP contribution in [0, 0.1) is 11.3 Å². The minimum atomic E-state index is 0.563. The van der Waals surface area contributed by atoms with Crippen molar-refractivity contribution in [1.82, 2.24) is 15.0 Å². The number of nitrogens with zero attached hydrogens (tertiary/aromatic N) is 4. The summed E-state index contributed by atoms with van der Waals surface area (Å²) in [5, 5.41) is 14.6. The molecule has 0 bridgehead atoms.